The van der Waals surface area contributed by atoms with Gasteiger partial charge in [-0.25, -0.2) is 12.7 Å². The molecule has 0 radical (unpaired) electrons. The van der Waals surface area contributed by atoms with Gasteiger partial charge in [0.15, 0.2) is 0 Å². The number of nitrogens with zero attached hydrogens (tertiary/aromatic N) is 1. The van der Waals surface area contributed by atoms with Crippen molar-refractivity contribution < 1.29 is 13.2 Å². The van der Waals surface area contributed by atoms with Crippen LogP contribution >= 0.6 is 11.6 Å². The predicted molar refractivity (Wildman–Crippen MR) is 113 cm³/mol. The molecule has 0 aliphatic carbocycles. The number of amides is 1. The third kappa shape index (κ3) is 5.13. The third-order valence-electron chi connectivity index (χ3n) is 5.03. The second-order valence-corrected chi connectivity index (χ2v) is 9.80. The van der Waals surface area contributed by atoms with Gasteiger partial charge in [-0.3, -0.25) is 4.79 Å². The highest BCUT2D eigenvalue weighted by atomic mass is 35.5. The maximum absolute atomic E-state index is 12.8. The number of carbonyl (C=O) groups is 1. The quantitative estimate of drug-likeness (QED) is 0.790. The van der Waals surface area contributed by atoms with Crippen LogP contribution in [0, 0.1) is 19.8 Å². The van der Waals surface area contributed by atoms with Crippen LogP contribution in [-0.2, 0) is 20.6 Å². The molecule has 1 N–H and O–H groups in total. The summed E-state index contributed by atoms with van der Waals surface area (Å²) < 4.78 is 27.1. The lowest BCUT2D eigenvalue weighted by Gasteiger charge is -2.31. The SMILES string of the molecule is Cc1ccc(NC(=O)[C@H]2CCCN(S(=O)(=O)Cc3cccc(Cl)c3)C2)c(C)c1. The molecule has 0 spiro atoms. The minimum absolute atomic E-state index is 0.112. The number of aryl methyl sites for hydroxylation is 2. The Labute approximate surface area is 171 Å². The molecule has 1 aliphatic rings. The molecule has 28 heavy (non-hydrogen) atoms. The Morgan fingerprint density at radius 1 is 1.21 bits per heavy atom. The maximum Gasteiger partial charge on any atom is 0.228 e. The first-order chi connectivity index (χ1) is 13.2. The van der Waals surface area contributed by atoms with Gasteiger partial charge in [0.05, 0.1) is 11.7 Å². The molecular formula is C21H25ClN2O3S. The van der Waals surface area contributed by atoms with Crippen LogP contribution < -0.4 is 5.32 Å². The van der Waals surface area contributed by atoms with Gasteiger partial charge in [0.1, 0.15) is 0 Å². The molecular weight excluding hydrogens is 396 g/mol. The van der Waals surface area contributed by atoms with E-state index in [4.69, 9.17) is 11.6 Å². The summed E-state index contributed by atoms with van der Waals surface area (Å²) in [6.07, 6.45) is 1.35. The number of rotatable bonds is 5. The van der Waals surface area contributed by atoms with E-state index in [1.165, 1.54) is 4.31 Å². The molecule has 0 saturated carbocycles. The van der Waals surface area contributed by atoms with E-state index in [-0.39, 0.29) is 24.1 Å². The summed E-state index contributed by atoms with van der Waals surface area (Å²) in [5, 5.41) is 3.47. The standard InChI is InChI=1S/C21H25ClN2O3S/c1-15-8-9-20(16(2)11-15)23-21(25)18-6-4-10-24(13-18)28(26,27)14-17-5-3-7-19(22)12-17/h3,5,7-9,11-12,18H,4,6,10,13-14H2,1-2H3,(H,23,25)/t18-/m0/s1. The van der Waals surface area contributed by atoms with E-state index in [9.17, 15) is 13.2 Å². The summed E-state index contributed by atoms with van der Waals surface area (Å²) in [5.41, 5.74) is 3.55. The van der Waals surface area contributed by atoms with Gasteiger partial charge >= 0.3 is 0 Å². The molecule has 2 aromatic rings. The molecule has 1 aliphatic heterocycles. The van der Waals surface area contributed by atoms with Gasteiger partial charge in [0.2, 0.25) is 15.9 Å². The highest BCUT2D eigenvalue weighted by molar-refractivity contribution is 7.88. The first-order valence-corrected chi connectivity index (χ1v) is 11.3. The normalized spacial score (nSPS) is 18.0. The Morgan fingerprint density at radius 2 is 2.00 bits per heavy atom. The van der Waals surface area contributed by atoms with E-state index < -0.39 is 10.0 Å². The fraction of sp³-hybridized carbons (Fsp3) is 0.381. The van der Waals surface area contributed by atoms with Gasteiger partial charge in [-0.1, -0.05) is 41.4 Å². The van der Waals surface area contributed by atoms with Gasteiger partial charge in [-0.05, 0) is 56.0 Å². The van der Waals surface area contributed by atoms with E-state index in [2.05, 4.69) is 5.32 Å². The topological polar surface area (TPSA) is 66.5 Å². The summed E-state index contributed by atoms with van der Waals surface area (Å²) in [7, 11) is -3.51. The average molecular weight is 421 g/mol. The fourth-order valence-corrected chi connectivity index (χ4v) is 5.34. The average Bonchev–Trinajstić information content (AvgIpc) is 2.64. The second-order valence-electron chi connectivity index (χ2n) is 7.39. The van der Waals surface area contributed by atoms with Crippen molar-refractivity contribution in [2.24, 2.45) is 5.92 Å². The zero-order valence-electron chi connectivity index (χ0n) is 16.1. The van der Waals surface area contributed by atoms with Crippen molar-refractivity contribution >= 4 is 33.2 Å². The lowest BCUT2D eigenvalue weighted by molar-refractivity contribution is -0.120. The van der Waals surface area contributed by atoms with Crippen molar-refractivity contribution in [3.8, 4) is 0 Å². The number of hydrogen-bond acceptors (Lipinski definition) is 3. The van der Waals surface area contributed by atoms with Crippen molar-refractivity contribution in [1.29, 1.82) is 0 Å². The Balaban J connectivity index is 1.68. The molecule has 150 valence electrons. The van der Waals surface area contributed by atoms with Crippen LogP contribution in [-0.4, -0.2) is 31.7 Å². The van der Waals surface area contributed by atoms with Crippen LogP contribution in [0.15, 0.2) is 42.5 Å². The van der Waals surface area contributed by atoms with Crippen LogP contribution in [0.3, 0.4) is 0 Å². The lowest BCUT2D eigenvalue weighted by Crippen LogP contribution is -2.44. The molecule has 7 heteroatoms. The van der Waals surface area contributed by atoms with Crippen LogP contribution in [0.2, 0.25) is 5.02 Å². The zero-order valence-corrected chi connectivity index (χ0v) is 17.7. The van der Waals surface area contributed by atoms with E-state index in [1.54, 1.807) is 24.3 Å². The summed E-state index contributed by atoms with van der Waals surface area (Å²) in [4.78, 5) is 12.7. The fourth-order valence-electron chi connectivity index (χ4n) is 3.53. The molecule has 1 atom stereocenters. The van der Waals surface area contributed by atoms with Crippen LogP contribution in [0.1, 0.15) is 29.5 Å². The van der Waals surface area contributed by atoms with E-state index in [1.807, 2.05) is 32.0 Å². The van der Waals surface area contributed by atoms with E-state index in [0.29, 0.717) is 30.0 Å². The molecule has 1 saturated heterocycles. The number of piperidine rings is 1. The van der Waals surface area contributed by atoms with E-state index in [0.717, 1.165) is 16.8 Å². The minimum Gasteiger partial charge on any atom is -0.326 e. The van der Waals surface area contributed by atoms with Crippen molar-refractivity contribution in [2.45, 2.75) is 32.4 Å². The highest BCUT2D eigenvalue weighted by Gasteiger charge is 2.32. The number of anilines is 1. The van der Waals surface area contributed by atoms with Crippen LogP contribution in [0.25, 0.3) is 0 Å². The van der Waals surface area contributed by atoms with Crippen LogP contribution in [0.4, 0.5) is 5.69 Å². The Hall–Kier alpha value is -1.89. The number of nitrogens with one attached hydrogen (secondary N) is 1. The molecule has 5 nitrogen and oxygen atoms in total. The van der Waals surface area contributed by atoms with E-state index >= 15 is 0 Å². The molecule has 1 fully saturated rings. The number of benzene rings is 2. The van der Waals surface area contributed by atoms with Gasteiger partial charge in [0.25, 0.3) is 0 Å². The second kappa shape index (κ2) is 8.64. The van der Waals surface area contributed by atoms with Gasteiger partial charge in [0, 0.05) is 23.8 Å². The summed E-state index contributed by atoms with van der Waals surface area (Å²) >= 11 is 5.96. The van der Waals surface area contributed by atoms with Crippen molar-refractivity contribution in [3.05, 3.63) is 64.2 Å². The predicted octanol–water partition coefficient (Wildman–Crippen LogP) is 4.14. The minimum atomic E-state index is -3.51. The summed E-state index contributed by atoms with van der Waals surface area (Å²) in [6, 6.07) is 12.7. The molecule has 0 aromatic heterocycles. The molecule has 2 aromatic carbocycles. The Kier molecular flexibility index (Phi) is 6.43. The highest BCUT2D eigenvalue weighted by Crippen LogP contribution is 2.24. The molecule has 0 bridgehead atoms. The van der Waals surface area contributed by atoms with Gasteiger partial charge < -0.3 is 5.32 Å². The summed E-state index contributed by atoms with van der Waals surface area (Å²) in [6.45, 7) is 4.60. The van der Waals surface area contributed by atoms with Crippen LogP contribution in [0.5, 0.6) is 0 Å². The maximum atomic E-state index is 12.8. The monoisotopic (exact) mass is 420 g/mol. The zero-order chi connectivity index (χ0) is 20.3. The first kappa shape index (κ1) is 20.8. The lowest BCUT2D eigenvalue weighted by atomic mass is 9.98. The Bertz CT molecular complexity index is 975. The van der Waals surface area contributed by atoms with Crippen molar-refractivity contribution in [1.82, 2.24) is 4.31 Å². The number of carbonyl (C=O) groups excluding carboxylic acids is 1. The van der Waals surface area contributed by atoms with Gasteiger partial charge in [-0.2, -0.15) is 0 Å². The molecule has 0 unspecified atom stereocenters. The Morgan fingerprint density at radius 3 is 2.71 bits per heavy atom. The molecule has 1 heterocycles. The van der Waals surface area contributed by atoms with Gasteiger partial charge in [-0.15, -0.1) is 0 Å². The smallest absolute Gasteiger partial charge is 0.228 e. The van der Waals surface area contributed by atoms with Crippen molar-refractivity contribution in [3.63, 3.8) is 0 Å². The summed E-state index contributed by atoms with van der Waals surface area (Å²) in [5.74, 6) is -0.600. The molecule has 3 rings (SSSR count). The number of halogens is 1. The number of hydrogen-bond donors (Lipinski definition) is 1. The number of sulfonamides is 1. The largest absolute Gasteiger partial charge is 0.326 e. The first-order valence-electron chi connectivity index (χ1n) is 9.35. The van der Waals surface area contributed by atoms with Crippen molar-refractivity contribution in [2.75, 3.05) is 18.4 Å². The molecule has 1 amide bonds. The third-order valence-corrected chi connectivity index (χ3v) is 7.08.